The van der Waals surface area contributed by atoms with Crippen molar-refractivity contribution in [1.29, 1.82) is 0 Å². The Labute approximate surface area is 154 Å². The smallest absolute Gasteiger partial charge is 0.00189 e. The Morgan fingerprint density at radius 2 is 0.667 bits per heavy atom. The van der Waals surface area contributed by atoms with Crippen LogP contribution in [0.2, 0.25) is 0 Å². The third-order valence-corrected chi connectivity index (χ3v) is 5.25. The molecule has 0 N–H and O–H groups in total. The van der Waals surface area contributed by atoms with E-state index in [-0.39, 0.29) is 0 Å². The molecule has 0 saturated carbocycles. The minimum atomic E-state index is 1.23. The fraction of sp³-hybridized carbons (Fsp3) is 1.00. The van der Waals surface area contributed by atoms with E-state index in [0.29, 0.717) is 0 Å². The molecule has 0 atom stereocenters. The van der Waals surface area contributed by atoms with Gasteiger partial charge in [0.15, 0.2) is 0 Å². The lowest BCUT2D eigenvalue weighted by Crippen LogP contribution is -2.25. The van der Waals surface area contributed by atoms with Gasteiger partial charge in [-0.15, -0.1) is 0 Å². The zero-order valence-corrected chi connectivity index (χ0v) is 17.6. The summed E-state index contributed by atoms with van der Waals surface area (Å²) in [4.78, 5) is 5.25. The molecule has 0 rings (SSSR count). The average Bonchev–Trinajstić information content (AvgIpc) is 2.61. The van der Waals surface area contributed by atoms with Crippen molar-refractivity contribution in [3.05, 3.63) is 0 Å². The standard InChI is InChI=1S/C22H48N2/c1-5-9-19-23(7-3)21-17-15-13-11-12-14-16-18-22-24(8-4)20-10-6-2/h5-22H2,1-4H3. The first kappa shape index (κ1) is 23.9. The second-order valence-electron chi connectivity index (χ2n) is 7.40. The van der Waals surface area contributed by atoms with Gasteiger partial charge < -0.3 is 9.80 Å². The van der Waals surface area contributed by atoms with Crippen LogP contribution in [0.25, 0.3) is 0 Å². The van der Waals surface area contributed by atoms with E-state index in [2.05, 4.69) is 37.5 Å². The second kappa shape index (κ2) is 19.2. The Kier molecular flexibility index (Phi) is 19.2. The van der Waals surface area contributed by atoms with E-state index in [1.54, 1.807) is 0 Å². The van der Waals surface area contributed by atoms with Gasteiger partial charge in [-0.05, 0) is 65.0 Å². The van der Waals surface area contributed by atoms with Crippen LogP contribution < -0.4 is 0 Å². The van der Waals surface area contributed by atoms with E-state index < -0.39 is 0 Å². The van der Waals surface area contributed by atoms with Gasteiger partial charge in [0.05, 0.1) is 0 Å². The van der Waals surface area contributed by atoms with Gasteiger partial charge in [-0.25, -0.2) is 0 Å². The molecule has 0 aliphatic heterocycles. The fourth-order valence-electron chi connectivity index (χ4n) is 3.35. The van der Waals surface area contributed by atoms with Gasteiger partial charge in [0.2, 0.25) is 0 Å². The summed E-state index contributed by atoms with van der Waals surface area (Å²) in [6, 6.07) is 0. The van der Waals surface area contributed by atoms with Crippen molar-refractivity contribution in [3.63, 3.8) is 0 Å². The molecule has 0 aromatic rings. The van der Waals surface area contributed by atoms with Crippen molar-refractivity contribution in [2.75, 3.05) is 39.3 Å². The first-order valence-corrected chi connectivity index (χ1v) is 11.2. The lowest BCUT2D eigenvalue weighted by molar-refractivity contribution is 0.274. The van der Waals surface area contributed by atoms with Gasteiger partial charge in [0.25, 0.3) is 0 Å². The average molecular weight is 341 g/mol. The summed E-state index contributed by atoms with van der Waals surface area (Å²) >= 11 is 0. The summed E-state index contributed by atoms with van der Waals surface area (Å²) in [6.45, 7) is 16.9. The highest BCUT2D eigenvalue weighted by Gasteiger charge is 2.02. The molecule has 0 aliphatic carbocycles. The van der Waals surface area contributed by atoms with Crippen molar-refractivity contribution in [3.8, 4) is 0 Å². The van der Waals surface area contributed by atoms with Crippen LogP contribution in [0.3, 0.4) is 0 Å². The van der Waals surface area contributed by atoms with E-state index in [1.165, 1.54) is 116 Å². The molecule has 2 nitrogen and oxygen atoms in total. The normalized spacial score (nSPS) is 11.8. The van der Waals surface area contributed by atoms with Crippen molar-refractivity contribution < 1.29 is 0 Å². The zero-order valence-electron chi connectivity index (χ0n) is 17.6. The molecule has 0 spiro atoms. The molecule has 0 aliphatic rings. The third kappa shape index (κ3) is 15.4. The SMILES string of the molecule is CCCCN(CC)CCCCCCCCCCN(CC)CCCC. The van der Waals surface area contributed by atoms with Crippen LogP contribution in [0, 0.1) is 0 Å². The van der Waals surface area contributed by atoms with Crippen LogP contribution in [0.15, 0.2) is 0 Å². The summed E-state index contributed by atoms with van der Waals surface area (Å²) in [7, 11) is 0. The monoisotopic (exact) mass is 340 g/mol. The predicted octanol–water partition coefficient (Wildman–Crippen LogP) is 6.35. The highest BCUT2D eigenvalue weighted by molar-refractivity contribution is 4.57. The molecule has 0 amide bonds. The largest absolute Gasteiger partial charge is 0.304 e. The Hall–Kier alpha value is -0.0800. The molecular weight excluding hydrogens is 292 g/mol. The Morgan fingerprint density at radius 1 is 0.375 bits per heavy atom. The fourth-order valence-corrected chi connectivity index (χ4v) is 3.35. The molecule has 0 unspecified atom stereocenters. The van der Waals surface area contributed by atoms with Gasteiger partial charge in [-0.2, -0.15) is 0 Å². The Balaban J connectivity index is 3.32. The summed E-state index contributed by atoms with van der Waals surface area (Å²) in [5.74, 6) is 0. The zero-order chi connectivity index (χ0) is 17.9. The molecule has 0 saturated heterocycles. The first-order valence-electron chi connectivity index (χ1n) is 11.2. The molecule has 0 fully saturated rings. The van der Waals surface area contributed by atoms with E-state index in [0.717, 1.165) is 0 Å². The van der Waals surface area contributed by atoms with Crippen LogP contribution in [-0.2, 0) is 0 Å². The third-order valence-electron chi connectivity index (χ3n) is 5.25. The summed E-state index contributed by atoms with van der Waals surface area (Å²) in [6.07, 6.45) is 16.8. The lowest BCUT2D eigenvalue weighted by Gasteiger charge is -2.20. The van der Waals surface area contributed by atoms with Crippen molar-refractivity contribution >= 4 is 0 Å². The van der Waals surface area contributed by atoms with E-state index in [4.69, 9.17) is 0 Å². The molecule has 0 aromatic carbocycles. The van der Waals surface area contributed by atoms with Crippen molar-refractivity contribution in [1.82, 2.24) is 9.80 Å². The van der Waals surface area contributed by atoms with Crippen molar-refractivity contribution in [2.45, 2.75) is 105 Å². The highest BCUT2D eigenvalue weighted by Crippen LogP contribution is 2.10. The number of hydrogen-bond acceptors (Lipinski definition) is 2. The molecule has 146 valence electrons. The second-order valence-corrected chi connectivity index (χ2v) is 7.40. The quantitative estimate of drug-likeness (QED) is 0.253. The molecule has 0 radical (unpaired) electrons. The van der Waals surface area contributed by atoms with Gasteiger partial charge >= 0.3 is 0 Å². The predicted molar refractivity (Wildman–Crippen MR) is 111 cm³/mol. The summed E-state index contributed by atoms with van der Waals surface area (Å²) < 4.78 is 0. The minimum Gasteiger partial charge on any atom is -0.304 e. The maximum atomic E-state index is 2.63. The number of hydrogen-bond donors (Lipinski definition) is 0. The lowest BCUT2D eigenvalue weighted by atomic mass is 10.1. The van der Waals surface area contributed by atoms with E-state index in [1.807, 2.05) is 0 Å². The van der Waals surface area contributed by atoms with E-state index in [9.17, 15) is 0 Å². The number of unbranched alkanes of at least 4 members (excludes halogenated alkanes) is 9. The van der Waals surface area contributed by atoms with Crippen LogP contribution in [0.4, 0.5) is 0 Å². The van der Waals surface area contributed by atoms with Gasteiger partial charge in [0.1, 0.15) is 0 Å². The molecule has 2 heteroatoms. The first-order chi connectivity index (χ1) is 11.8. The van der Waals surface area contributed by atoms with Crippen LogP contribution in [-0.4, -0.2) is 49.1 Å². The molecule has 0 aromatic heterocycles. The molecule has 0 bridgehead atoms. The number of nitrogens with zero attached hydrogens (tertiary/aromatic N) is 2. The highest BCUT2D eigenvalue weighted by atomic mass is 15.1. The Morgan fingerprint density at radius 3 is 0.958 bits per heavy atom. The molecule has 24 heavy (non-hydrogen) atoms. The molecule has 0 heterocycles. The topological polar surface area (TPSA) is 6.48 Å². The van der Waals surface area contributed by atoms with Crippen molar-refractivity contribution in [2.24, 2.45) is 0 Å². The summed E-state index contributed by atoms with van der Waals surface area (Å²) in [5.41, 5.74) is 0. The van der Waals surface area contributed by atoms with Gasteiger partial charge in [0, 0.05) is 0 Å². The van der Waals surface area contributed by atoms with Crippen LogP contribution in [0.5, 0.6) is 0 Å². The molecular formula is C22H48N2. The Bertz CT molecular complexity index is 206. The maximum absolute atomic E-state index is 2.63. The van der Waals surface area contributed by atoms with Gasteiger partial charge in [-0.3, -0.25) is 0 Å². The van der Waals surface area contributed by atoms with E-state index >= 15 is 0 Å². The van der Waals surface area contributed by atoms with Crippen LogP contribution in [0.1, 0.15) is 105 Å². The van der Waals surface area contributed by atoms with Gasteiger partial charge in [-0.1, -0.05) is 79.1 Å². The minimum absolute atomic E-state index is 1.23. The summed E-state index contributed by atoms with van der Waals surface area (Å²) in [5, 5.41) is 0. The number of rotatable bonds is 19. The van der Waals surface area contributed by atoms with Crippen LogP contribution >= 0.6 is 0 Å². The maximum Gasteiger partial charge on any atom is -0.00189 e.